The minimum absolute atomic E-state index is 0.0183. The fourth-order valence-corrected chi connectivity index (χ4v) is 4.15. The Kier molecular flexibility index (Phi) is 8.70. The van der Waals surface area contributed by atoms with Gasteiger partial charge < -0.3 is 0 Å². The zero-order valence-corrected chi connectivity index (χ0v) is 18.9. The maximum Gasteiger partial charge on any atom is 0.416 e. The summed E-state index contributed by atoms with van der Waals surface area (Å²) < 4.78 is 38.9. The summed E-state index contributed by atoms with van der Waals surface area (Å²) in [4.78, 5) is 2.42. The van der Waals surface area contributed by atoms with Gasteiger partial charge in [-0.25, -0.2) is 0 Å². The highest BCUT2D eigenvalue weighted by Gasteiger charge is 2.38. The van der Waals surface area contributed by atoms with Gasteiger partial charge in [0.2, 0.25) is 0 Å². The zero-order chi connectivity index (χ0) is 23.1. The lowest BCUT2D eigenvalue weighted by Crippen LogP contribution is -2.37. The molecule has 0 fully saturated rings. The number of hydrogen-bond acceptors (Lipinski definition) is 2. The van der Waals surface area contributed by atoms with E-state index in [1.165, 1.54) is 17.7 Å². The fraction of sp³-hybridized carbons (Fsp3) is 0.500. The van der Waals surface area contributed by atoms with Gasteiger partial charge in [-0.3, -0.25) is 4.90 Å². The number of rotatable bonds is 10. The largest absolute Gasteiger partial charge is 0.416 e. The van der Waals surface area contributed by atoms with Gasteiger partial charge in [-0.05, 0) is 61.9 Å². The molecule has 0 radical (unpaired) electrons. The molecule has 0 aliphatic rings. The minimum atomic E-state index is -4.38. The van der Waals surface area contributed by atoms with Gasteiger partial charge >= 0.3 is 6.18 Å². The first kappa shape index (κ1) is 24.9. The SMILES string of the molecule is CCCN(Cc1ccccc1)C(C)CCC(C#N)(c1ccc(C(F)(F)F)cc1)C(C)C. The first-order chi connectivity index (χ1) is 14.6. The second-order valence-corrected chi connectivity index (χ2v) is 8.66. The van der Waals surface area contributed by atoms with Crippen molar-refractivity contribution in [2.45, 2.75) is 71.1 Å². The molecule has 0 saturated heterocycles. The van der Waals surface area contributed by atoms with E-state index in [-0.39, 0.29) is 12.0 Å². The Balaban J connectivity index is 2.20. The highest BCUT2D eigenvalue weighted by atomic mass is 19.4. The van der Waals surface area contributed by atoms with Gasteiger partial charge in [-0.15, -0.1) is 0 Å². The van der Waals surface area contributed by atoms with Crippen LogP contribution < -0.4 is 0 Å². The van der Waals surface area contributed by atoms with E-state index in [4.69, 9.17) is 0 Å². The Morgan fingerprint density at radius 3 is 2.00 bits per heavy atom. The van der Waals surface area contributed by atoms with Crippen LogP contribution in [0.2, 0.25) is 0 Å². The van der Waals surface area contributed by atoms with Crippen LogP contribution in [-0.2, 0) is 18.1 Å². The van der Waals surface area contributed by atoms with E-state index in [2.05, 4.69) is 36.9 Å². The second kappa shape index (κ2) is 10.8. The van der Waals surface area contributed by atoms with Gasteiger partial charge in [0.05, 0.1) is 17.0 Å². The third-order valence-electron chi connectivity index (χ3n) is 6.23. The molecule has 0 amide bonds. The van der Waals surface area contributed by atoms with Crippen molar-refractivity contribution in [1.29, 1.82) is 5.26 Å². The summed E-state index contributed by atoms with van der Waals surface area (Å²) in [6.07, 6.45) is -1.95. The molecule has 0 aliphatic carbocycles. The van der Waals surface area contributed by atoms with E-state index in [0.717, 1.165) is 38.1 Å². The highest BCUT2D eigenvalue weighted by molar-refractivity contribution is 5.36. The molecule has 2 atom stereocenters. The first-order valence-electron chi connectivity index (χ1n) is 11.0. The molecule has 2 aromatic rings. The van der Waals surface area contributed by atoms with E-state index in [1.807, 2.05) is 32.0 Å². The summed E-state index contributed by atoms with van der Waals surface area (Å²) in [5, 5.41) is 10.1. The first-order valence-corrected chi connectivity index (χ1v) is 11.0. The van der Waals surface area contributed by atoms with Gasteiger partial charge in [0.25, 0.3) is 0 Å². The van der Waals surface area contributed by atoms with Crippen molar-refractivity contribution in [3.63, 3.8) is 0 Å². The summed E-state index contributed by atoms with van der Waals surface area (Å²) in [7, 11) is 0. The molecule has 5 heteroatoms. The average molecular weight is 431 g/mol. The van der Waals surface area contributed by atoms with Crippen molar-refractivity contribution in [2.24, 2.45) is 5.92 Å². The van der Waals surface area contributed by atoms with E-state index in [9.17, 15) is 18.4 Å². The van der Waals surface area contributed by atoms with Crippen LogP contribution in [0.3, 0.4) is 0 Å². The predicted octanol–water partition coefficient (Wildman–Crippen LogP) is 7.20. The summed E-state index contributed by atoms with van der Waals surface area (Å²) in [5.41, 5.74) is 0.414. The van der Waals surface area contributed by atoms with Crippen molar-refractivity contribution in [3.8, 4) is 6.07 Å². The van der Waals surface area contributed by atoms with Gasteiger partial charge in [0.15, 0.2) is 0 Å². The monoisotopic (exact) mass is 430 g/mol. The number of alkyl halides is 3. The summed E-state index contributed by atoms with van der Waals surface area (Å²) in [5.74, 6) is -0.0183. The molecule has 2 rings (SSSR count). The molecule has 0 bridgehead atoms. The molecule has 0 heterocycles. The Morgan fingerprint density at radius 1 is 0.935 bits per heavy atom. The molecule has 31 heavy (non-hydrogen) atoms. The summed E-state index contributed by atoms with van der Waals surface area (Å²) in [6.45, 7) is 10.1. The maximum absolute atomic E-state index is 13.0. The Hall–Kier alpha value is -2.32. The summed E-state index contributed by atoms with van der Waals surface area (Å²) in [6, 6.07) is 18.2. The van der Waals surface area contributed by atoms with Crippen LogP contribution in [0.1, 0.15) is 63.6 Å². The van der Waals surface area contributed by atoms with Crippen molar-refractivity contribution in [3.05, 3.63) is 71.3 Å². The Bertz CT molecular complexity index is 838. The van der Waals surface area contributed by atoms with Gasteiger partial charge in [-0.2, -0.15) is 18.4 Å². The van der Waals surface area contributed by atoms with Crippen molar-refractivity contribution in [2.75, 3.05) is 6.54 Å². The highest BCUT2D eigenvalue weighted by Crippen LogP contribution is 2.39. The molecule has 0 aliphatic heterocycles. The Labute approximate surface area is 184 Å². The normalized spacial score (nSPS) is 15.0. The predicted molar refractivity (Wildman–Crippen MR) is 119 cm³/mol. The molecule has 2 unspecified atom stereocenters. The zero-order valence-electron chi connectivity index (χ0n) is 18.9. The summed E-state index contributed by atoms with van der Waals surface area (Å²) >= 11 is 0. The average Bonchev–Trinajstić information content (AvgIpc) is 2.74. The Morgan fingerprint density at radius 2 is 1.52 bits per heavy atom. The topological polar surface area (TPSA) is 27.0 Å². The van der Waals surface area contributed by atoms with Crippen LogP contribution in [0.25, 0.3) is 0 Å². The van der Waals surface area contributed by atoms with Crippen molar-refractivity contribution in [1.82, 2.24) is 4.90 Å². The van der Waals surface area contributed by atoms with Gasteiger partial charge in [0.1, 0.15) is 0 Å². The maximum atomic E-state index is 13.0. The lowest BCUT2D eigenvalue weighted by atomic mass is 9.69. The number of nitriles is 1. The molecule has 2 nitrogen and oxygen atoms in total. The molecule has 2 aromatic carbocycles. The molecule has 0 aromatic heterocycles. The van der Waals surface area contributed by atoms with Crippen LogP contribution in [0.15, 0.2) is 54.6 Å². The lowest BCUT2D eigenvalue weighted by molar-refractivity contribution is -0.137. The van der Waals surface area contributed by atoms with Crippen LogP contribution in [0.5, 0.6) is 0 Å². The van der Waals surface area contributed by atoms with Crippen molar-refractivity contribution < 1.29 is 13.2 Å². The standard InChI is InChI=1S/C26H33F3N2/c1-5-17-31(18-22-9-7-6-8-10-22)21(4)15-16-25(19-30,20(2)3)23-11-13-24(14-12-23)26(27,28)29/h6-14,20-21H,5,15-18H2,1-4H3. The van der Waals surface area contributed by atoms with Gasteiger partial charge in [0, 0.05) is 12.6 Å². The van der Waals surface area contributed by atoms with E-state index in [1.54, 1.807) is 0 Å². The van der Waals surface area contributed by atoms with E-state index < -0.39 is 17.2 Å². The molecule has 0 N–H and O–H groups in total. The third kappa shape index (κ3) is 6.33. The number of benzene rings is 2. The number of hydrogen-bond donors (Lipinski definition) is 0. The van der Waals surface area contributed by atoms with E-state index in [0.29, 0.717) is 12.0 Å². The molecule has 0 saturated carbocycles. The van der Waals surface area contributed by atoms with Gasteiger partial charge in [-0.1, -0.05) is 63.2 Å². The van der Waals surface area contributed by atoms with Crippen LogP contribution in [-0.4, -0.2) is 17.5 Å². The minimum Gasteiger partial charge on any atom is -0.296 e. The lowest BCUT2D eigenvalue weighted by Gasteiger charge is -2.35. The van der Waals surface area contributed by atoms with E-state index >= 15 is 0 Å². The second-order valence-electron chi connectivity index (χ2n) is 8.66. The number of halogens is 3. The smallest absolute Gasteiger partial charge is 0.296 e. The molecule has 0 spiro atoms. The van der Waals surface area contributed by atoms with Crippen LogP contribution >= 0.6 is 0 Å². The quantitative estimate of drug-likeness (QED) is 0.398. The van der Waals surface area contributed by atoms with Crippen LogP contribution in [0, 0.1) is 17.2 Å². The number of nitrogens with zero attached hydrogens (tertiary/aromatic N) is 2. The van der Waals surface area contributed by atoms with Crippen LogP contribution in [0.4, 0.5) is 13.2 Å². The fourth-order valence-electron chi connectivity index (χ4n) is 4.15. The molecular weight excluding hydrogens is 397 g/mol. The third-order valence-corrected chi connectivity index (χ3v) is 6.23. The molecule has 168 valence electrons. The molecular formula is C26H33F3N2. The van der Waals surface area contributed by atoms with Crippen molar-refractivity contribution >= 4 is 0 Å².